The summed E-state index contributed by atoms with van der Waals surface area (Å²) in [7, 11) is 0. The lowest BCUT2D eigenvalue weighted by Gasteiger charge is -2.23. The number of carboxylic acids is 1. The molecule has 0 fully saturated rings. The first kappa shape index (κ1) is 9.68. The maximum Gasteiger partial charge on any atom is 0.311 e. The summed E-state index contributed by atoms with van der Waals surface area (Å²) in [5.41, 5.74) is 2.06. The fourth-order valence-electron chi connectivity index (χ4n) is 2.41. The van der Waals surface area contributed by atoms with Crippen LogP contribution in [0.15, 0.2) is 11.1 Å². The van der Waals surface area contributed by atoms with E-state index in [1.165, 1.54) is 0 Å². The normalized spacial score (nSPS) is 37.1. The van der Waals surface area contributed by atoms with Gasteiger partial charge >= 0.3 is 5.97 Å². The van der Waals surface area contributed by atoms with Gasteiger partial charge in [0.2, 0.25) is 0 Å². The molecule has 3 atom stereocenters. The molecule has 14 heavy (non-hydrogen) atoms. The molecule has 0 spiro atoms. The summed E-state index contributed by atoms with van der Waals surface area (Å²) in [4.78, 5) is 11.0. The van der Waals surface area contributed by atoms with E-state index >= 15 is 0 Å². The van der Waals surface area contributed by atoms with Crippen molar-refractivity contribution in [1.82, 2.24) is 5.32 Å². The van der Waals surface area contributed by atoms with Crippen LogP contribution in [0.2, 0.25) is 0 Å². The van der Waals surface area contributed by atoms with Crippen LogP contribution in [0, 0.1) is 11.8 Å². The smallest absolute Gasteiger partial charge is 0.311 e. The number of aliphatic carboxylic acids is 1. The molecule has 1 aliphatic carbocycles. The average Bonchev–Trinajstić information content (AvgIpc) is 2.43. The van der Waals surface area contributed by atoms with Crippen molar-refractivity contribution in [2.45, 2.75) is 19.4 Å². The summed E-state index contributed by atoms with van der Waals surface area (Å²) in [6.07, 6.45) is 0.150. The summed E-state index contributed by atoms with van der Waals surface area (Å²) < 4.78 is 0. The molecule has 0 saturated carbocycles. The van der Waals surface area contributed by atoms with Gasteiger partial charge in [0.1, 0.15) is 0 Å². The van der Waals surface area contributed by atoms with Crippen LogP contribution in [-0.4, -0.2) is 35.4 Å². The Morgan fingerprint density at radius 1 is 1.50 bits per heavy atom. The maximum atomic E-state index is 11.0. The van der Waals surface area contributed by atoms with E-state index in [-0.39, 0.29) is 12.0 Å². The Morgan fingerprint density at radius 3 is 2.86 bits per heavy atom. The molecular formula is C10H15NO3. The third kappa shape index (κ3) is 1.35. The van der Waals surface area contributed by atoms with Crippen molar-refractivity contribution in [3.8, 4) is 0 Å². The van der Waals surface area contributed by atoms with E-state index < -0.39 is 11.9 Å². The molecule has 78 valence electrons. The second-order valence-corrected chi connectivity index (χ2v) is 4.13. The van der Waals surface area contributed by atoms with E-state index in [9.17, 15) is 9.90 Å². The number of carboxylic acid groups (broad SMARTS) is 1. The monoisotopic (exact) mass is 197 g/mol. The highest BCUT2D eigenvalue weighted by Gasteiger charge is 2.38. The Balaban J connectivity index is 2.30. The van der Waals surface area contributed by atoms with Crippen LogP contribution in [0.5, 0.6) is 0 Å². The van der Waals surface area contributed by atoms with Crippen LogP contribution < -0.4 is 5.32 Å². The van der Waals surface area contributed by atoms with Gasteiger partial charge in [-0.3, -0.25) is 4.79 Å². The first-order chi connectivity index (χ1) is 6.61. The molecule has 4 nitrogen and oxygen atoms in total. The zero-order chi connectivity index (χ0) is 10.3. The van der Waals surface area contributed by atoms with E-state index in [1.807, 2.05) is 6.92 Å². The molecule has 1 heterocycles. The molecule has 0 saturated heterocycles. The zero-order valence-electron chi connectivity index (χ0n) is 8.16. The first-order valence-corrected chi connectivity index (χ1v) is 4.94. The lowest BCUT2D eigenvalue weighted by molar-refractivity contribution is -0.140. The summed E-state index contributed by atoms with van der Waals surface area (Å²) in [6, 6.07) is 0. The molecule has 1 unspecified atom stereocenters. The Hall–Kier alpha value is -0.870. The molecule has 0 bridgehead atoms. The Morgan fingerprint density at radius 2 is 2.21 bits per heavy atom. The third-order valence-electron chi connectivity index (χ3n) is 3.35. The minimum atomic E-state index is -0.786. The Labute approximate surface area is 82.6 Å². The average molecular weight is 197 g/mol. The van der Waals surface area contributed by atoms with E-state index in [0.717, 1.165) is 17.7 Å². The number of nitrogens with one attached hydrogen (secondary N) is 1. The van der Waals surface area contributed by atoms with Gasteiger partial charge in [0.25, 0.3) is 0 Å². The standard InChI is InChI=1S/C10H15NO3/c1-5-7-3-11-4-8(10(13)14)6(7)2-9(5)12/h5,8-9,11-12H,2-4H2,1H3,(H,13,14)/t5-,8?,9+/m1/s1. The number of aliphatic hydroxyl groups is 1. The van der Waals surface area contributed by atoms with Gasteiger partial charge in [0.15, 0.2) is 0 Å². The molecule has 2 aliphatic rings. The maximum absolute atomic E-state index is 11.0. The van der Waals surface area contributed by atoms with Gasteiger partial charge in [-0.2, -0.15) is 0 Å². The SMILES string of the molecule is C[C@@H]1C2=C(C[C@@H]1O)C(C(=O)O)CNC2. The molecule has 0 radical (unpaired) electrons. The van der Waals surface area contributed by atoms with E-state index in [1.54, 1.807) is 0 Å². The highest BCUT2D eigenvalue weighted by Crippen LogP contribution is 2.37. The summed E-state index contributed by atoms with van der Waals surface area (Å²) in [6.45, 7) is 3.18. The van der Waals surface area contributed by atoms with Gasteiger partial charge in [0, 0.05) is 19.0 Å². The minimum Gasteiger partial charge on any atom is -0.481 e. The third-order valence-corrected chi connectivity index (χ3v) is 3.35. The minimum absolute atomic E-state index is 0.111. The van der Waals surface area contributed by atoms with E-state index in [0.29, 0.717) is 13.0 Å². The number of carbonyl (C=O) groups is 1. The molecule has 1 aliphatic heterocycles. The Kier molecular flexibility index (Phi) is 2.33. The molecule has 0 aromatic carbocycles. The van der Waals surface area contributed by atoms with Crippen molar-refractivity contribution in [3.05, 3.63) is 11.1 Å². The summed E-state index contributed by atoms with van der Waals surface area (Å²) in [5, 5.41) is 21.8. The molecular weight excluding hydrogens is 182 g/mol. The fourth-order valence-corrected chi connectivity index (χ4v) is 2.41. The van der Waals surface area contributed by atoms with Crippen molar-refractivity contribution in [1.29, 1.82) is 0 Å². The largest absolute Gasteiger partial charge is 0.481 e. The lowest BCUT2D eigenvalue weighted by Crippen LogP contribution is -2.36. The predicted molar refractivity (Wildman–Crippen MR) is 50.8 cm³/mol. The summed E-state index contributed by atoms with van der Waals surface area (Å²) in [5.74, 6) is -1.11. The zero-order valence-corrected chi connectivity index (χ0v) is 8.16. The predicted octanol–water partition coefficient (Wildman–Crippen LogP) is -0.0123. The van der Waals surface area contributed by atoms with Gasteiger partial charge < -0.3 is 15.5 Å². The van der Waals surface area contributed by atoms with Crippen molar-refractivity contribution in [2.75, 3.05) is 13.1 Å². The van der Waals surface area contributed by atoms with Gasteiger partial charge in [0.05, 0.1) is 12.0 Å². The van der Waals surface area contributed by atoms with Gasteiger partial charge in [-0.05, 0) is 6.42 Å². The van der Waals surface area contributed by atoms with Crippen molar-refractivity contribution in [3.63, 3.8) is 0 Å². The Bertz CT molecular complexity index is 298. The number of hydrogen-bond acceptors (Lipinski definition) is 3. The number of hydrogen-bond donors (Lipinski definition) is 3. The van der Waals surface area contributed by atoms with Gasteiger partial charge in [-0.15, -0.1) is 0 Å². The molecule has 0 aromatic heterocycles. The fraction of sp³-hybridized carbons (Fsp3) is 0.700. The van der Waals surface area contributed by atoms with Crippen molar-refractivity contribution in [2.24, 2.45) is 11.8 Å². The first-order valence-electron chi connectivity index (χ1n) is 4.94. The molecule has 3 N–H and O–H groups in total. The van der Waals surface area contributed by atoms with Crippen LogP contribution >= 0.6 is 0 Å². The van der Waals surface area contributed by atoms with E-state index in [4.69, 9.17) is 5.11 Å². The quantitative estimate of drug-likeness (QED) is 0.517. The van der Waals surface area contributed by atoms with Gasteiger partial charge in [-0.1, -0.05) is 18.1 Å². The lowest BCUT2D eigenvalue weighted by atomic mass is 9.91. The second kappa shape index (κ2) is 3.37. The molecule has 4 heteroatoms. The molecule has 0 aromatic rings. The highest BCUT2D eigenvalue weighted by molar-refractivity contribution is 5.75. The highest BCUT2D eigenvalue weighted by atomic mass is 16.4. The van der Waals surface area contributed by atoms with Crippen LogP contribution in [0.1, 0.15) is 13.3 Å². The van der Waals surface area contributed by atoms with Gasteiger partial charge in [-0.25, -0.2) is 0 Å². The topological polar surface area (TPSA) is 69.6 Å². The summed E-state index contributed by atoms with van der Waals surface area (Å²) >= 11 is 0. The number of rotatable bonds is 1. The van der Waals surface area contributed by atoms with Crippen LogP contribution in [0.3, 0.4) is 0 Å². The van der Waals surface area contributed by atoms with Crippen LogP contribution in [0.25, 0.3) is 0 Å². The van der Waals surface area contributed by atoms with Crippen molar-refractivity contribution >= 4 is 5.97 Å². The molecule has 2 rings (SSSR count). The van der Waals surface area contributed by atoms with Crippen molar-refractivity contribution < 1.29 is 15.0 Å². The van der Waals surface area contributed by atoms with Crippen LogP contribution in [0.4, 0.5) is 0 Å². The van der Waals surface area contributed by atoms with E-state index in [2.05, 4.69) is 5.32 Å². The molecule has 0 amide bonds. The van der Waals surface area contributed by atoms with Crippen LogP contribution in [-0.2, 0) is 4.79 Å². The second-order valence-electron chi connectivity index (χ2n) is 4.13. The number of aliphatic hydroxyl groups excluding tert-OH is 1.